The second kappa shape index (κ2) is 5.41. The van der Waals surface area contributed by atoms with E-state index < -0.39 is 0 Å². The molecule has 0 amide bonds. The molecule has 4 aliphatic rings. The fraction of sp³-hybridized carbons (Fsp3) is 0.455. The molecule has 1 aromatic carbocycles. The summed E-state index contributed by atoms with van der Waals surface area (Å²) in [5, 5.41) is 22.8. The zero-order chi connectivity index (χ0) is 19.3. The number of benzene rings is 1. The summed E-state index contributed by atoms with van der Waals surface area (Å²) in [6, 6.07) is 3.34. The number of hydrogen-bond donors (Lipinski definition) is 2. The smallest absolute Gasteiger partial charge is 0.202 e. The van der Waals surface area contributed by atoms with E-state index in [9.17, 15) is 10.2 Å². The zero-order valence-corrected chi connectivity index (χ0v) is 16.5. The number of aromatic nitrogens is 1. The first-order valence-corrected chi connectivity index (χ1v) is 10.2. The van der Waals surface area contributed by atoms with Crippen LogP contribution >= 0.6 is 11.6 Å². The molecule has 4 aliphatic carbocycles. The van der Waals surface area contributed by atoms with Crippen molar-refractivity contribution in [3.05, 3.63) is 40.4 Å². The van der Waals surface area contributed by atoms with Gasteiger partial charge in [0.05, 0.1) is 24.9 Å². The summed E-state index contributed by atoms with van der Waals surface area (Å²) < 4.78 is 12.3. The lowest BCUT2D eigenvalue weighted by molar-refractivity contribution is 0.298. The Morgan fingerprint density at radius 2 is 1.46 bits per heavy atom. The molecule has 0 spiro atoms. The molecule has 2 N–H and O–H groups in total. The van der Waals surface area contributed by atoms with Gasteiger partial charge in [-0.15, -0.1) is 0 Å². The topological polar surface area (TPSA) is 63.9 Å². The van der Waals surface area contributed by atoms with Gasteiger partial charge in [-0.2, -0.15) is 0 Å². The van der Waals surface area contributed by atoms with E-state index in [1.54, 1.807) is 19.2 Å². The molecular weight excluding hydrogens is 378 g/mol. The Hall–Kier alpha value is -2.27. The van der Waals surface area contributed by atoms with Crippen molar-refractivity contribution in [3.63, 3.8) is 0 Å². The number of allylic oxidation sites excluding steroid dienone is 2. The number of fused-ring (bicyclic) bond motifs is 12. The summed E-state index contributed by atoms with van der Waals surface area (Å²) in [6.45, 7) is 0. The van der Waals surface area contributed by atoms with Gasteiger partial charge in [0, 0.05) is 17.2 Å². The molecule has 2 saturated carbocycles. The zero-order valence-electron chi connectivity index (χ0n) is 15.7. The number of hydrogen-bond acceptors (Lipinski definition) is 4. The van der Waals surface area contributed by atoms with Crippen molar-refractivity contribution in [1.82, 2.24) is 4.57 Å². The lowest BCUT2D eigenvalue weighted by Gasteiger charge is -2.31. The predicted molar refractivity (Wildman–Crippen MR) is 105 cm³/mol. The van der Waals surface area contributed by atoms with Crippen LogP contribution in [-0.4, -0.2) is 29.0 Å². The molecule has 0 saturated heterocycles. The number of nitrogens with zero attached hydrogens (tertiary/aromatic N) is 1. The molecule has 28 heavy (non-hydrogen) atoms. The molecule has 1 aromatic heterocycles. The third-order valence-electron chi connectivity index (χ3n) is 7.65. The SMILES string of the molecule is COc1cc(OC)c(-n2c(O)c3c(c2O)C2CC3C3C4C=CC(C4)C23)cc1Cl. The number of rotatable bonds is 3. The second-order valence-corrected chi connectivity index (χ2v) is 8.93. The summed E-state index contributed by atoms with van der Waals surface area (Å²) >= 11 is 6.34. The molecule has 6 atom stereocenters. The van der Waals surface area contributed by atoms with E-state index in [-0.39, 0.29) is 11.8 Å². The van der Waals surface area contributed by atoms with Gasteiger partial charge < -0.3 is 19.7 Å². The number of ether oxygens (including phenoxy) is 2. The Morgan fingerprint density at radius 3 is 2.00 bits per heavy atom. The normalized spacial score (nSPS) is 33.4. The summed E-state index contributed by atoms with van der Waals surface area (Å²) in [7, 11) is 3.09. The molecule has 6 rings (SSSR count). The van der Waals surface area contributed by atoms with Crippen LogP contribution in [0.1, 0.15) is 35.8 Å². The highest BCUT2D eigenvalue weighted by Crippen LogP contribution is 2.72. The Labute approximate surface area is 168 Å². The maximum absolute atomic E-state index is 11.2. The van der Waals surface area contributed by atoms with E-state index in [0.29, 0.717) is 57.7 Å². The van der Waals surface area contributed by atoms with Crippen LogP contribution in [0.5, 0.6) is 23.3 Å². The molecule has 0 aliphatic heterocycles. The maximum atomic E-state index is 11.2. The van der Waals surface area contributed by atoms with Crippen LogP contribution in [-0.2, 0) is 0 Å². The van der Waals surface area contributed by atoms with Crippen LogP contribution in [0.25, 0.3) is 5.69 Å². The first kappa shape index (κ1) is 16.7. The van der Waals surface area contributed by atoms with Gasteiger partial charge >= 0.3 is 0 Å². The lowest BCUT2D eigenvalue weighted by Crippen LogP contribution is -2.24. The van der Waals surface area contributed by atoms with Crippen molar-refractivity contribution in [2.45, 2.75) is 24.7 Å². The maximum Gasteiger partial charge on any atom is 0.202 e. The van der Waals surface area contributed by atoms with E-state index in [4.69, 9.17) is 21.1 Å². The molecule has 5 nitrogen and oxygen atoms in total. The summed E-state index contributed by atoms with van der Waals surface area (Å²) in [5.41, 5.74) is 2.38. The average molecular weight is 400 g/mol. The predicted octanol–water partition coefficient (Wildman–Crippen LogP) is 4.58. The van der Waals surface area contributed by atoms with E-state index in [2.05, 4.69) is 12.2 Å². The van der Waals surface area contributed by atoms with Gasteiger partial charge in [0.15, 0.2) is 0 Å². The van der Waals surface area contributed by atoms with Crippen LogP contribution in [0.4, 0.5) is 0 Å². The Kier molecular flexibility index (Phi) is 3.22. The number of aromatic hydroxyl groups is 2. The fourth-order valence-electron chi connectivity index (χ4n) is 6.80. The average Bonchev–Trinajstić information content (AvgIpc) is 3.47. The van der Waals surface area contributed by atoms with Crippen LogP contribution in [0, 0.1) is 23.7 Å². The third-order valence-corrected chi connectivity index (χ3v) is 7.95. The molecule has 2 fully saturated rings. The molecule has 6 heteroatoms. The van der Waals surface area contributed by atoms with E-state index >= 15 is 0 Å². The van der Waals surface area contributed by atoms with Gasteiger partial charge in [-0.1, -0.05) is 23.8 Å². The monoisotopic (exact) mass is 399 g/mol. The molecule has 146 valence electrons. The Balaban J connectivity index is 1.53. The quantitative estimate of drug-likeness (QED) is 0.585. The Morgan fingerprint density at radius 1 is 0.893 bits per heavy atom. The van der Waals surface area contributed by atoms with Crippen molar-refractivity contribution in [1.29, 1.82) is 0 Å². The number of halogens is 1. The highest BCUT2D eigenvalue weighted by Gasteiger charge is 2.62. The van der Waals surface area contributed by atoms with Gasteiger partial charge in [0.2, 0.25) is 11.8 Å². The largest absolute Gasteiger partial charge is 0.495 e. The van der Waals surface area contributed by atoms with E-state index in [0.717, 1.165) is 17.5 Å². The first-order chi connectivity index (χ1) is 13.5. The third kappa shape index (κ3) is 1.79. The van der Waals surface area contributed by atoms with Crippen molar-refractivity contribution in [2.75, 3.05) is 14.2 Å². The molecule has 2 aromatic rings. The van der Waals surface area contributed by atoms with Gasteiger partial charge in [0.1, 0.15) is 11.5 Å². The standard InChI is InChI=1S/C22H22ClNO4/c1-27-15-8-16(28-2)14(7-13(15)23)24-21(25)19-11-6-12(20(19)22(24)26)18-10-4-3-9(5-10)17(11)18/h3-4,7-12,17-18,25-26H,5-6H2,1-2H3. The molecule has 6 unspecified atom stereocenters. The van der Waals surface area contributed by atoms with Crippen LogP contribution in [0.15, 0.2) is 24.3 Å². The fourth-order valence-corrected chi connectivity index (χ4v) is 7.04. The van der Waals surface area contributed by atoms with Crippen LogP contribution < -0.4 is 9.47 Å². The molecule has 4 bridgehead atoms. The highest BCUT2D eigenvalue weighted by atomic mass is 35.5. The Bertz CT molecular complexity index is 994. The van der Waals surface area contributed by atoms with E-state index in [1.807, 2.05) is 0 Å². The van der Waals surface area contributed by atoms with Gasteiger partial charge in [-0.25, -0.2) is 4.57 Å². The van der Waals surface area contributed by atoms with Crippen molar-refractivity contribution < 1.29 is 19.7 Å². The van der Waals surface area contributed by atoms with Crippen LogP contribution in [0.3, 0.4) is 0 Å². The van der Waals surface area contributed by atoms with E-state index in [1.165, 1.54) is 18.1 Å². The van der Waals surface area contributed by atoms with Crippen molar-refractivity contribution in [2.24, 2.45) is 23.7 Å². The molecule has 0 radical (unpaired) electrons. The summed E-state index contributed by atoms with van der Waals surface area (Å²) in [4.78, 5) is 0. The van der Waals surface area contributed by atoms with Crippen molar-refractivity contribution in [3.8, 4) is 28.9 Å². The molecular formula is C22H22ClNO4. The minimum atomic E-state index is 0.115. The summed E-state index contributed by atoms with van der Waals surface area (Å²) in [6.07, 6.45) is 7.01. The second-order valence-electron chi connectivity index (χ2n) is 8.52. The highest BCUT2D eigenvalue weighted by molar-refractivity contribution is 6.32. The van der Waals surface area contributed by atoms with Crippen LogP contribution in [0.2, 0.25) is 5.02 Å². The number of methoxy groups -OCH3 is 2. The summed E-state index contributed by atoms with van der Waals surface area (Å²) in [5.74, 6) is 4.25. The van der Waals surface area contributed by atoms with Gasteiger partial charge in [-0.3, -0.25) is 0 Å². The minimum absolute atomic E-state index is 0.115. The molecule has 1 heterocycles. The van der Waals surface area contributed by atoms with Gasteiger partial charge in [-0.05, 0) is 54.4 Å². The first-order valence-electron chi connectivity index (χ1n) is 9.81. The minimum Gasteiger partial charge on any atom is -0.495 e. The van der Waals surface area contributed by atoms with Gasteiger partial charge in [0.25, 0.3) is 0 Å². The van der Waals surface area contributed by atoms with Crippen molar-refractivity contribution >= 4 is 11.6 Å². The lowest BCUT2D eigenvalue weighted by atomic mass is 9.72.